The fraction of sp³-hybridized carbons (Fsp3) is 0.250. The maximum absolute atomic E-state index is 12.1. The molecule has 0 aliphatic heterocycles. The molecular formula is C12H15ClN4O2S. The number of rotatable bonds is 5. The molecule has 0 radical (unpaired) electrons. The van der Waals surface area contributed by atoms with Gasteiger partial charge in [-0.1, -0.05) is 11.6 Å². The Balaban J connectivity index is 2.04. The molecule has 1 aromatic carbocycles. The first kappa shape index (κ1) is 14.8. The molecule has 0 spiro atoms. The van der Waals surface area contributed by atoms with Crippen LogP contribution in [-0.2, 0) is 23.5 Å². The summed E-state index contributed by atoms with van der Waals surface area (Å²) in [5.41, 5.74) is 6.92. The molecule has 3 N–H and O–H groups in total. The molecule has 0 atom stereocenters. The van der Waals surface area contributed by atoms with Crippen molar-refractivity contribution in [2.45, 2.75) is 11.3 Å². The van der Waals surface area contributed by atoms with E-state index in [-0.39, 0.29) is 16.5 Å². The van der Waals surface area contributed by atoms with Crippen molar-refractivity contribution >= 4 is 27.3 Å². The third kappa shape index (κ3) is 3.50. The van der Waals surface area contributed by atoms with Crippen LogP contribution in [-0.4, -0.2) is 24.7 Å². The molecule has 6 nitrogen and oxygen atoms in total. The molecule has 2 rings (SSSR count). The van der Waals surface area contributed by atoms with Gasteiger partial charge in [-0.25, -0.2) is 13.1 Å². The molecule has 0 saturated carbocycles. The molecule has 0 unspecified atom stereocenters. The number of aryl methyl sites for hydroxylation is 1. The lowest BCUT2D eigenvalue weighted by molar-refractivity contribution is 0.581. The Morgan fingerprint density at radius 1 is 1.45 bits per heavy atom. The average molecular weight is 315 g/mol. The van der Waals surface area contributed by atoms with Crippen molar-refractivity contribution in [3.05, 3.63) is 41.2 Å². The highest BCUT2D eigenvalue weighted by Crippen LogP contribution is 2.23. The first-order valence-corrected chi connectivity index (χ1v) is 7.77. The first-order valence-electron chi connectivity index (χ1n) is 5.91. The molecule has 0 fully saturated rings. The van der Waals surface area contributed by atoms with Crippen LogP contribution in [0.15, 0.2) is 35.5 Å². The van der Waals surface area contributed by atoms with E-state index in [9.17, 15) is 8.42 Å². The molecule has 1 aromatic heterocycles. The van der Waals surface area contributed by atoms with Crippen LogP contribution in [0.3, 0.4) is 0 Å². The predicted octanol–water partition coefficient (Wildman–Crippen LogP) is 1.18. The Morgan fingerprint density at radius 3 is 2.80 bits per heavy atom. The molecule has 20 heavy (non-hydrogen) atoms. The van der Waals surface area contributed by atoms with E-state index in [1.54, 1.807) is 10.9 Å². The minimum atomic E-state index is -3.64. The molecule has 2 aromatic rings. The summed E-state index contributed by atoms with van der Waals surface area (Å²) < 4.78 is 28.4. The van der Waals surface area contributed by atoms with Crippen molar-refractivity contribution in [1.29, 1.82) is 0 Å². The molecule has 0 bridgehead atoms. The van der Waals surface area contributed by atoms with Crippen LogP contribution >= 0.6 is 11.6 Å². The van der Waals surface area contributed by atoms with E-state index in [4.69, 9.17) is 17.3 Å². The Bertz CT molecular complexity index is 712. The lowest BCUT2D eigenvalue weighted by Crippen LogP contribution is -2.26. The summed E-state index contributed by atoms with van der Waals surface area (Å²) in [4.78, 5) is 0.0274. The third-order valence-corrected chi connectivity index (χ3v) is 4.65. The van der Waals surface area contributed by atoms with E-state index < -0.39 is 10.0 Å². The maximum Gasteiger partial charge on any atom is 0.242 e. The largest absolute Gasteiger partial charge is 0.399 e. The first-order chi connectivity index (χ1) is 9.38. The highest BCUT2D eigenvalue weighted by Gasteiger charge is 2.17. The number of hydrogen-bond acceptors (Lipinski definition) is 4. The highest BCUT2D eigenvalue weighted by molar-refractivity contribution is 7.89. The van der Waals surface area contributed by atoms with Crippen LogP contribution < -0.4 is 10.5 Å². The van der Waals surface area contributed by atoms with Gasteiger partial charge in [0.15, 0.2) is 0 Å². The Morgan fingerprint density at radius 2 is 2.20 bits per heavy atom. The fourth-order valence-corrected chi connectivity index (χ4v) is 3.33. The Hall–Kier alpha value is -1.57. The number of aromatic nitrogens is 2. The molecular weight excluding hydrogens is 300 g/mol. The van der Waals surface area contributed by atoms with E-state index in [0.29, 0.717) is 12.1 Å². The number of nitrogen functional groups attached to an aromatic ring is 1. The van der Waals surface area contributed by atoms with E-state index in [1.165, 1.54) is 18.2 Å². The second-order valence-corrected chi connectivity index (χ2v) is 6.50. The van der Waals surface area contributed by atoms with E-state index in [1.807, 2.05) is 13.2 Å². The number of benzene rings is 1. The summed E-state index contributed by atoms with van der Waals surface area (Å²) in [6.45, 7) is 0.273. The fourth-order valence-electron chi connectivity index (χ4n) is 1.74. The minimum absolute atomic E-state index is 0.0274. The molecule has 108 valence electrons. The summed E-state index contributed by atoms with van der Waals surface area (Å²) in [5.74, 6) is 0. The lowest BCUT2D eigenvalue weighted by atomic mass is 10.3. The zero-order chi connectivity index (χ0) is 14.8. The van der Waals surface area contributed by atoms with Gasteiger partial charge in [0.2, 0.25) is 10.0 Å². The standard InChI is InChI=1S/C12H15ClN4O2S/c1-17-8-9(7-15-17)4-5-16-20(18,19)12-3-2-10(14)6-11(12)13/h2-3,6-8,16H,4-5,14H2,1H3. The predicted molar refractivity (Wildman–Crippen MR) is 78.0 cm³/mol. The van der Waals surface area contributed by atoms with Gasteiger partial charge in [-0.3, -0.25) is 4.68 Å². The number of halogens is 1. The van der Waals surface area contributed by atoms with Gasteiger partial charge in [-0.15, -0.1) is 0 Å². The van der Waals surface area contributed by atoms with Crippen LogP contribution in [0.25, 0.3) is 0 Å². The average Bonchev–Trinajstić information content (AvgIpc) is 2.74. The second kappa shape index (κ2) is 5.82. The van der Waals surface area contributed by atoms with Crippen molar-refractivity contribution in [2.24, 2.45) is 7.05 Å². The van der Waals surface area contributed by atoms with Crippen molar-refractivity contribution < 1.29 is 8.42 Å². The van der Waals surface area contributed by atoms with Gasteiger partial charge in [0.25, 0.3) is 0 Å². The van der Waals surface area contributed by atoms with Gasteiger partial charge in [-0.2, -0.15) is 5.10 Å². The van der Waals surface area contributed by atoms with E-state index in [2.05, 4.69) is 9.82 Å². The topological polar surface area (TPSA) is 90.0 Å². The van der Waals surface area contributed by atoms with Gasteiger partial charge in [0.05, 0.1) is 11.2 Å². The van der Waals surface area contributed by atoms with Gasteiger partial charge < -0.3 is 5.73 Å². The van der Waals surface area contributed by atoms with Crippen LogP contribution in [0, 0.1) is 0 Å². The van der Waals surface area contributed by atoms with Crippen LogP contribution in [0.4, 0.5) is 5.69 Å². The number of nitrogens with one attached hydrogen (secondary N) is 1. The van der Waals surface area contributed by atoms with E-state index >= 15 is 0 Å². The molecule has 1 heterocycles. The van der Waals surface area contributed by atoms with Gasteiger partial charge in [-0.05, 0) is 30.2 Å². The van der Waals surface area contributed by atoms with E-state index in [0.717, 1.165) is 5.56 Å². The normalized spacial score (nSPS) is 11.7. The molecule has 0 amide bonds. The minimum Gasteiger partial charge on any atom is -0.399 e. The summed E-state index contributed by atoms with van der Waals surface area (Å²) >= 11 is 5.90. The van der Waals surface area contributed by atoms with Crippen molar-refractivity contribution in [3.8, 4) is 0 Å². The molecule has 0 aliphatic carbocycles. The molecule has 0 saturated heterocycles. The summed E-state index contributed by atoms with van der Waals surface area (Å²) in [6.07, 6.45) is 4.09. The number of nitrogens with two attached hydrogens (primary N) is 1. The number of hydrogen-bond donors (Lipinski definition) is 2. The number of anilines is 1. The Labute approximate surface area is 122 Å². The van der Waals surface area contributed by atoms with Crippen LogP contribution in [0.2, 0.25) is 5.02 Å². The van der Waals surface area contributed by atoms with Crippen LogP contribution in [0.1, 0.15) is 5.56 Å². The van der Waals surface area contributed by atoms with Crippen molar-refractivity contribution in [1.82, 2.24) is 14.5 Å². The third-order valence-electron chi connectivity index (χ3n) is 2.71. The number of nitrogens with zero attached hydrogens (tertiary/aromatic N) is 2. The van der Waals surface area contributed by atoms with Gasteiger partial charge in [0.1, 0.15) is 4.90 Å². The smallest absolute Gasteiger partial charge is 0.242 e. The van der Waals surface area contributed by atoms with Gasteiger partial charge in [0, 0.05) is 25.5 Å². The maximum atomic E-state index is 12.1. The zero-order valence-corrected chi connectivity index (χ0v) is 12.4. The highest BCUT2D eigenvalue weighted by atomic mass is 35.5. The molecule has 8 heteroatoms. The van der Waals surface area contributed by atoms with Gasteiger partial charge >= 0.3 is 0 Å². The Kier molecular flexibility index (Phi) is 4.32. The SMILES string of the molecule is Cn1cc(CCNS(=O)(=O)c2ccc(N)cc2Cl)cn1. The summed E-state index contributed by atoms with van der Waals surface area (Å²) in [6, 6.07) is 4.31. The monoisotopic (exact) mass is 314 g/mol. The zero-order valence-electron chi connectivity index (χ0n) is 10.9. The second-order valence-electron chi connectivity index (χ2n) is 4.36. The summed E-state index contributed by atoms with van der Waals surface area (Å²) in [7, 11) is -1.83. The lowest BCUT2D eigenvalue weighted by Gasteiger charge is -2.08. The van der Waals surface area contributed by atoms with Crippen LogP contribution in [0.5, 0.6) is 0 Å². The number of sulfonamides is 1. The van der Waals surface area contributed by atoms with Crippen molar-refractivity contribution in [2.75, 3.05) is 12.3 Å². The quantitative estimate of drug-likeness (QED) is 0.811. The summed E-state index contributed by atoms with van der Waals surface area (Å²) in [5, 5.41) is 4.13. The molecule has 0 aliphatic rings. The van der Waals surface area contributed by atoms with Crippen molar-refractivity contribution in [3.63, 3.8) is 0 Å².